The lowest BCUT2D eigenvalue weighted by atomic mass is 10.1. The highest BCUT2D eigenvalue weighted by molar-refractivity contribution is 6.04. The van der Waals surface area contributed by atoms with Gasteiger partial charge >= 0.3 is 0 Å². The van der Waals surface area contributed by atoms with E-state index >= 15 is 0 Å². The average molecular weight is 444 g/mol. The van der Waals surface area contributed by atoms with Crippen LogP contribution >= 0.6 is 0 Å². The van der Waals surface area contributed by atoms with Gasteiger partial charge in [-0.3, -0.25) is 4.79 Å². The second kappa shape index (κ2) is 9.86. The number of methoxy groups -OCH3 is 1. The Morgan fingerprint density at radius 1 is 0.970 bits per heavy atom. The topological polar surface area (TPSA) is 89.7 Å². The van der Waals surface area contributed by atoms with E-state index in [-0.39, 0.29) is 12.5 Å². The maximum absolute atomic E-state index is 12.6. The number of ether oxygens (including phenoxy) is 2. The zero-order chi connectivity index (χ0) is 23.2. The van der Waals surface area contributed by atoms with Crippen molar-refractivity contribution in [3.05, 3.63) is 84.3 Å². The molecule has 0 saturated heterocycles. The fourth-order valence-electron chi connectivity index (χ4n) is 3.10. The molecule has 1 amide bonds. The minimum Gasteiger partial charge on any atom is -0.497 e. The summed E-state index contributed by atoms with van der Waals surface area (Å²) in [5, 5.41) is 11.0. The number of nitrogens with zero attached hydrogens (tertiary/aromatic N) is 3. The van der Waals surface area contributed by atoms with Gasteiger partial charge < -0.3 is 24.1 Å². The second-order valence-electron chi connectivity index (χ2n) is 7.44. The van der Waals surface area contributed by atoms with Crippen molar-refractivity contribution in [2.45, 2.75) is 6.61 Å². The lowest BCUT2D eigenvalue weighted by Gasteiger charge is -2.13. The second-order valence-corrected chi connectivity index (χ2v) is 7.44. The molecule has 3 aromatic carbocycles. The lowest BCUT2D eigenvalue weighted by molar-refractivity contribution is 0.102. The van der Waals surface area contributed by atoms with Crippen LogP contribution < -0.4 is 19.7 Å². The van der Waals surface area contributed by atoms with E-state index in [0.29, 0.717) is 28.8 Å². The van der Waals surface area contributed by atoms with E-state index in [1.165, 1.54) is 0 Å². The zero-order valence-electron chi connectivity index (χ0n) is 18.6. The van der Waals surface area contributed by atoms with E-state index in [1.807, 2.05) is 61.5 Å². The molecule has 4 aromatic rings. The van der Waals surface area contributed by atoms with Gasteiger partial charge in [0.2, 0.25) is 5.89 Å². The molecule has 8 heteroatoms. The van der Waals surface area contributed by atoms with E-state index in [9.17, 15) is 4.79 Å². The van der Waals surface area contributed by atoms with Crippen molar-refractivity contribution in [3.63, 3.8) is 0 Å². The number of rotatable bonds is 8. The Morgan fingerprint density at radius 3 is 2.52 bits per heavy atom. The number of anilines is 2. The summed E-state index contributed by atoms with van der Waals surface area (Å²) in [5.41, 5.74) is 2.94. The standard InChI is InChI=1S/C25H24N4O4/c1-29(2)20-8-4-6-18(14-20)24(30)26-19-7-5-9-22(15-19)32-16-23-27-28-25(33-23)17-10-12-21(31-3)13-11-17/h4-15H,16H2,1-3H3,(H,26,30). The molecule has 0 unspecified atom stereocenters. The number of benzene rings is 3. The Kier molecular flexibility index (Phi) is 6.54. The largest absolute Gasteiger partial charge is 0.497 e. The highest BCUT2D eigenvalue weighted by atomic mass is 16.5. The Labute approximate surface area is 191 Å². The summed E-state index contributed by atoms with van der Waals surface area (Å²) in [6.07, 6.45) is 0. The maximum atomic E-state index is 12.6. The van der Waals surface area contributed by atoms with Crippen LogP contribution in [-0.2, 0) is 6.61 Å². The minimum atomic E-state index is -0.197. The molecule has 1 N–H and O–H groups in total. The monoisotopic (exact) mass is 444 g/mol. The van der Waals surface area contributed by atoms with Crippen LogP contribution in [0.15, 0.2) is 77.2 Å². The average Bonchev–Trinajstić information content (AvgIpc) is 3.32. The van der Waals surface area contributed by atoms with Crippen LogP contribution in [0.25, 0.3) is 11.5 Å². The van der Waals surface area contributed by atoms with Gasteiger partial charge in [0, 0.05) is 42.7 Å². The molecule has 4 rings (SSSR count). The van der Waals surface area contributed by atoms with Gasteiger partial charge in [-0.1, -0.05) is 12.1 Å². The molecule has 0 aliphatic rings. The number of aromatic nitrogens is 2. The number of hydrogen-bond acceptors (Lipinski definition) is 7. The number of hydrogen-bond donors (Lipinski definition) is 1. The van der Waals surface area contributed by atoms with Gasteiger partial charge in [-0.2, -0.15) is 0 Å². The zero-order valence-corrected chi connectivity index (χ0v) is 18.6. The molecule has 33 heavy (non-hydrogen) atoms. The number of amides is 1. The molecule has 0 saturated carbocycles. The molecule has 0 bridgehead atoms. The summed E-state index contributed by atoms with van der Waals surface area (Å²) in [6.45, 7) is 0.103. The third kappa shape index (κ3) is 5.48. The third-order valence-corrected chi connectivity index (χ3v) is 4.88. The molecule has 1 heterocycles. The quantitative estimate of drug-likeness (QED) is 0.423. The van der Waals surface area contributed by atoms with Gasteiger partial charge in [-0.15, -0.1) is 10.2 Å². The van der Waals surface area contributed by atoms with Crippen molar-refractivity contribution in [1.82, 2.24) is 10.2 Å². The summed E-state index contributed by atoms with van der Waals surface area (Å²) in [7, 11) is 5.47. The number of carbonyl (C=O) groups is 1. The van der Waals surface area contributed by atoms with Crippen LogP contribution in [0.1, 0.15) is 16.2 Å². The fourth-order valence-corrected chi connectivity index (χ4v) is 3.10. The molecule has 0 aliphatic carbocycles. The SMILES string of the molecule is COc1ccc(-c2nnc(COc3cccc(NC(=O)c4cccc(N(C)C)c4)c3)o2)cc1. The summed E-state index contributed by atoms with van der Waals surface area (Å²) in [6, 6.07) is 21.9. The third-order valence-electron chi connectivity index (χ3n) is 4.88. The summed E-state index contributed by atoms with van der Waals surface area (Å²) in [4.78, 5) is 14.6. The van der Waals surface area contributed by atoms with Gasteiger partial charge in [-0.25, -0.2) is 0 Å². The number of carbonyl (C=O) groups excluding carboxylic acids is 1. The Morgan fingerprint density at radius 2 is 1.76 bits per heavy atom. The minimum absolute atomic E-state index is 0.103. The van der Waals surface area contributed by atoms with Crippen molar-refractivity contribution in [2.75, 3.05) is 31.4 Å². The van der Waals surface area contributed by atoms with Gasteiger partial charge in [-0.05, 0) is 54.6 Å². The first kappa shape index (κ1) is 21.9. The van der Waals surface area contributed by atoms with E-state index in [1.54, 1.807) is 37.4 Å². The number of nitrogens with one attached hydrogen (secondary N) is 1. The molecule has 0 radical (unpaired) electrons. The predicted molar refractivity (Wildman–Crippen MR) is 126 cm³/mol. The van der Waals surface area contributed by atoms with Gasteiger partial charge in [0.15, 0.2) is 6.61 Å². The first-order valence-electron chi connectivity index (χ1n) is 10.3. The summed E-state index contributed by atoms with van der Waals surface area (Å²) in [5.74, 6) is 1.86. The molecule has 0 fully saturated rings. The van der Waals surface area contributed by atoms with Crippen molar-refractivity contribution in [3.8, 4) is 23.0 Å². The first-order chi connectivity index (χ1) is 16.0. The van der Waals surface area contributed by atoms with E-state index in [2.05, 4.69) is 15.5 Å². The molecular formula is C25H24N4O4. The van der Waals surface area contributed by atoms with Crippen molar-refractivity contribution < 1.29 is 18.7 Å². The molecule has 0 atom stereocenters. The maximum Gasteiger partial charge on any atom is 0.255 e. The first-order valence-corrected chi connectivity index (χ1v) is 10.3. The molecular weight excluding hydrogens is 420 g/mol. The van der Waals surface area contributed by atoms with Crippen LogP contribution in [-0.4, -0.2) is 37.3 Å². The smallest absolute Gasteiger partial charge is 0.255 e. The Hall–Kier alpha value is -4.33. The van der Waals surface area contributed by atoms with Crippen molar-refractivity contribution >= 4 is 17.3 Å². The Bertz CT molecular complexity index is 1240. The van der Waals surface area contributed by atoms with Crippen LogP contribution in [0.4, 0.5) is 11.4 Å². The predicted octanol–water partition coefficient (Wildman–Crippen LogP) is 4.64. The molecule has 168 valence electrons. The van der Waals surface area contributed by atoms with Gasteiger partial charge in [0.25, 0.3) is 11.8 Å². The van der Waals surface area contributed by atoms with Gasteiger partial charge in [0.05, 0.1) is 7.11 Å². The molecule has 1 aromatic heterocycles. The lowest BCUT2D eigenvalue weighted by Crippen LogP contribution is -2.14. The van der Waals surface area contributed by atoms with Gasteiger partial charge in [0.1, 0.15) is 11.5 Å². The van der Waals surface area contributed by atoms with E-state index in [0.717, 1.165) is 17.0 Å². The molecule has 0 aliphatic heterocycles. The molecule has 8 nitrogen and oxygen atoms in total. The summed E-state index contributed by atoms with van der Waals surface area (Å²) < 4.78 is 16.6. The molecule has 0 spiro atoms. The van der Waals surface area contributed by atoms with Crippen LogP contribution in [0.3, 0.4) is 0 Å². The van der Waals surface area contributed by atoms with Crippen molar-refractivity contribution in [1.29, 1.82) is 0 Å². The van der Waals surface area contributed by atoms with Crippen LogP contribution in [0, 0.1) is 0 Å². The van der Waals surface area contributed by atoms with Crippen LogP contribution in [0.2, 0.25) is 0 Å². The van der Waals surface area contributed by atoms with E-state index in [4.69, 9.17) is 13.9 Å². The summed E-state index contributed by atoms with van der Waals surface area (Å²) >= 11 is 0. The van der Waals surface area contributed by atoms with E-state index < -0.39 is 0 Å². The Balaban J connectivity index is 1.38. The highest BCUT2D eigenvalue weighted by Gasteiger charge is 2.11. The highest BCUT2D eigenvalue weighted by Crippen LogP contribution is 2.23. The normalized spacial score (nSPS) is 10.5. The van der Waals surface area contributed by atoms with Crippen LogP contribution in [0.5, 0.6) is 11.5 Å². The fraction of sp³-hybridized carbons (Fsp3) is 0.160. The van der Waals surface area contributed by atoms with Crippen molar-refractivity contribution in [2.24, 2.45) is 0 Å².